The van der Waals surface area contributed by atoms with E-state index in [1.54, 1.807) is 102 Å². The molecule has 12 heteroatoms. The molecule has 10 nitrogen and oxygen atoms in total. The third-order valence-electron chi connectivity index (χ3n) is 6.97. The topological polar surface area (TPSA) is 119 Å². The number of hydrogen-bond donors (Lipinski definition) is 0. The molecule has 222 valence electrons. The minimum atomic E-state index is -1.18. The molecule has 1 unspecified atom stereocenters. The smallest absolute Gasteiger partial charge is 0.338 e. The molecule has 0 amide bonds. The normalized spacial score (nSPS) is 19.4. The monoisotopic (exact) mass is 723 g/mol. The number of aromatic nitrogens is 3. The minimum absolute atomic E-state index is 0.231. The van der Waals surface area contributed by atoms with E-state index in [2.05, 4.69) is 32.6 Å². The van der Waals surface area contributed by atoms with Gasteiger partial charge in [0.05, 0.1) is 22.1 Å². The molecule has 44 heavy (non-hydrogen) atoms. The Hall–Kier alpha value is -4.33. The molecule has 1 aliphatic rings. The van der Waals surface area contributed by atoms with E-state index in [-0.39, 0.29) is 22.9 Å². The standard InChI is InChI=1S/C32H23ClIN3O7/c33-27-24-22(34)16-37(28(24)36-18-35-27)29-26(44-32(40)21-14-8-3-9-15-21)25(43-31(39)20-12-6-2-7-13-20)23(42-29)17-41-30(38)19-10-4-1-5-11-19/h1-16,18,23,25-26,29H,17H2/t23-,25?,26+,29-/m1/s1. The van der Waals surface area contributed by atoms with Gasteiger partial charge in [-0.2, -0.15) is 0 Å². The Bertz CT molecular complexity index is 1800. The summed E-state index contributed by atoms with van der Waals surface area (Å²) in [5.74, 6) is -1.92. The van der Waals surface area contributed by atoms with Gasteiger partial charge in [0.25, 0.3) is 0 Å². The van der Waals surface area contributed by atoms with Crippen molar-refractivity contribution in [1.29, 1.82) is 0 Å². The number of carbonyl (C=O) groups excluding carboxylic acids is 3. The summed E-state index contributed by atoms with van der Waals surface area (Å²) in [5, 5.41) is 0.803. The lowest BCUT2D eigenvalue weighted by molar-refractivity contribution is -0.0604. The lowest BCUT2D eigenvalue weighted by Gasteiger charge is -2.25. The van der Waals surface area contributed by atoms with Crippen LogP contribution in [0.3, 0.4) is 0 Å². The molecule has 2 aromatic heterocycles. The van der Waals surface area contributed by atoms with E-state index in [1.165, 1.54) is 6.33 Å². The Morgan fingerprint density at radius 1 is 0.773 bits per heavy atom. The summed E-state index contributed by atoms with van der Waals surface area (Å²) in [6.45, 7) is -0.303. The third-order valence-corrected chi connectivity index (χ3v) is 8.07. The highest BCUT2D eigenvalue weighted by atomic mass is 127. The van der Waals surface area contributed by atoms with E-state index in [1.807, 2.05) is 0 Å². The molecule has 1 fully saturated rings. The molecule has 4 atom stereocenters. The number of ether oxygens (including phenoxy) is 4. The average Bonchev–Trinajstić information content (AvgIpc) is 3.57. The van der Waals surface area contributed by atoms with Crippen LogP contribution in [0.1, 0.15) is 37.3 Å². The molecule has 0 N–H and O–H groups in total. The van der Waals surface area contributed by atoms with Crippen molar-refractivity contribution in [2.45, 2.75) is 24.5 Å². The van der Waals surface area contributed by atoms with Crippen LogP contribution in [0.25, 0.3) is 11.0 Å². The van der Waals surface area contributed by atoms with Crippen molar-refractivity contribution in [2.75, 3.05) is 6.61 Å². The highest BCUT2D eigenvalue weighted by molar-refractivity contribution is 14.1. The summed E-state index contributed by atoms with van der Waals surface area (Å²) in [6.07, 6.45) is -1.40. The summed E-state index contributed by atoms with van der Waals surface area (Å²) < 4.78 is 26.4. The second kappa shape index (κ2) is 13.1. The molecule has 0 radical (unpaired) electrons. The maximum absolute atomic E-state index is 13.4. The fraction of sp³-hybridized carbons (Fsp3) is 0.156. The SMILES string of the molecule is O=C(OC[C@H]1O[C@@H](n2cc(I)c3c(Cl)ncnc32)[C@@H](OC(=O)c2ccccc2)C1OC(=O)c1ccccc1)c1ccccc1. The highest BCUT2D eigenvalue weighted by Gasteiger charge is 2.52. The summed E-state index contributed by atoms with van der Waals surface area (Å²) >= 11 is 8.50. The Labute approximate surface area is 270 Å². The van der Waals surface area contributed by atoms with E-state index in [0.717, 1.165) is 3.57 Å². The van der Waals surface area contributed by atoms with Crippen molar-refractivity contribution < 1.29 is 33.3 Å². The molecular weight excluding hydrogens is 701 g/mol. The Kier molecular flexibility index (Phi) is 8.87. The number of carbonyl (C=O) groups is 3. The lowest BCUT2D eigenvalue weighted by atomic mass is 10.1. The van der Waals surface area contributed by atoms with Crippen molar-refractivity contribution >= 4 is 63.1 Å². The Morgan fingerprint density at radius 2 is 1.30 bits per heavy atom. The first-order chi connectivity index (χ1) is 21.4. The summed E-state index contributed by atoms with van der Waals surface area (Å²) in [7, 11) is 0. The molecule has 0 aliphatic carbocycles. The maximum atomic E-state index is 13.4. The Balaban J connectivity index is 1.39. The van der Waals surface area contributed by atoms with Gasteiger partial charge in [0, 0.05) is 9.77 Å². The van der Waals surface area contributed by atoms with Crippen LogP contribution in [-0.4, -0.2) is 57.4 Å². The first-order valence-corrected chi connectivity index (χ1v) is 14.9. The second-order valence-electron chi connectivity index (χ2n) is 9.75. The maximum Gasteiger partial charge on any atom is 0.338 e. The van der Waals surface area contributed by atoms with Crippen LogP contribution in [0.15, 0.2) is 104 Å². The Morgan fingerprint density at radius 3 is 1.86 bits per heavy atom. The van der Waals surface area contributed by atoms with Crippen molar-refractivity contribution in [3.05, 3.63) is 129 Å². The third kappa shape index (κ3) is 6.16. The predicted octanol–water partition coefficient (Wildman–Crippen LogP) is 5.89. The first kappa shape index (κ1) is 29.7. The van der Waals surface area contributed by atoms with Gasteiger partial charge in [-0.1, -0.05) is 66.2 Å². The van der Waals surface area contributed by atoms with Crippen LogP contribution >= 0.6 is 34.2 Å². The number of nitrogens with zero attached hydrogens (tertiary/aromatic N) is 3. The van der Waals surface area contributed by atoms with Crippen molar-refractivity contribution in [1.82, 2.24) is 14.5 Å². The van der Waals surface area contributed by atoms with E-state index in [9.17, 15) is 14.4 Å². The van der Waals surface area contributed by atoms with Gasteiger partial charge in [0.2, 0.25) is 0 Å². The zero-order chi connectivity index (χ0) is 30.6. The summed E-state index contributed by atoms with van der Waals surface area (Å²) in [4.78, 5) is 48.1. The molecule has 3 heterocycles. The predicted molar refractivity (Wildman–Crippen MR) is 167 cm³/mol. The molecule has 3 aromatic carbocycles. The summed E-state index contributed by atoms with van der Waals surface area (Å²) in [5.41, 5.74) is 1.32. The number of esters is 3. The van der Waals surface area contributed by atoms with Crippen molar-refractivity contribution in [2.24, 2.45) is 0 Å². The van der Waals surface area contributed by atoms with Gasteiger partial charge in [0.1, 0.15) is 29.8 Å². The molecule has 1 saturated heterocycles. The van der Waals surface area contributed by atoms with E-state index >= 15 is 0 Å². The molecular formula is C32H23ClIN3O7. The number of halogens is 2. The van der Waals surface area contributed by atoms with E-state index < -0.39 is 42.4 Å². The molecule has 0 spiro atoms. The fourth-order valence-corrected chi connectivity index (χ4v) is 6.07. The van der Waals surface area contributed by atoms with Gasteiger partial charge in [-0.25, -0.2) is 24.4 Å². The van der Waals surface area contributed by atoms with Gasteiger partial charge in [-0.15, -0.1) is 0 Å². The van der Waals surface area contributed by atoms with Crippen LogP contribution < -0.4 is 0 Å². The van der Waals surface area contributed by atoms with E-state index in [4.69, 9.17) is 30.5 Å². The van der Waals surface area contributed by atoms with E-state index in [0.29, 0.717) is 16.6 Å². The van der Waals surface area contributed by atoms with Crippen LogP contribution in [0, 0.1) is 3.57 Å². The van der Waals surface area contributed by atoms with Crippen LogP contribution in [0.4, 0.5) is 0 Å². The van der Waals surface area contributed by atoms with Crippen LogP contribution in [-0.2, 0) is 18.9 Å². The summed E-state index contributed by atoms with van der Waals surface area (Å²) in [6, 6.07) is 25.2. The zero-order valence-corrected chi connectivity index (χ0v) is 25.7. The van der Waals surface area contributed by atoms with Gasteiger partial charge in [-0.05, 0) is 59.0 Å². The molecule has 5 aromatic rings. The zero-order valence-electron chi connectivity index (χ0n) is 22.8. The van der Waals surface area contributed by atoms with Crippen molar-refractivity contribution in [3.8, 4) is 0 Å². The highest BCUT2D eigenvalue weighted by Crippen LogP contribution is 2.39. The average molecular weight is 724 g/mol. The molecule has 0 saturated carbocycles. The number of rotatable bonds is 8. The molecule has 0 bridgehead atoms. The van der Waals surface area contributed by atoms with Gasteiger partial charge < -0.3 is 23.5 Å². The van der Waals surface area contributed by atoms with Crippen LogP contribution in [0.2, 0.25) is 5.15 Å². The van der Waals surface area contributed by atoms with Gasteiger partial charge in [0.15, 0.2) is 18.4 Å². The molecule has 1 aliphatic heterocycles. The minimum Gasteiger partial charge on any atom is -0.459 e. The second-order valence-corrected chi connectivity index (χ2v) is 11.3. The van der Waals surface area contributed by atoms with Gasteiger partial charge >= 0.3 is 17.9 Å². The number of benzene rings is 3. The fourth-order valence-electron chi connectivity index (χ4n) is 4.88. The number of hydrogen-bond acceptors (Lipinski definition) is 9. The van der Waals surface area contributed by atoms with Crippen molar-refractivity contribution in [3.63, 3.8) is 0 Å². The largest absolute Gasteiger partial charge is 0.459 e. The molecule has 6 rings (SSSR count). The first-order valence-electron chi connectivity index (χ1n) is 13.5. The van der Waals surface area contributed by atoms with Crippen LogP contribution in [0.5, 0.6) is 0 Å². The van der Waals surface area contributed by atoms with Gasteiger partial charge in [-0.3, -0.25) is 0 Å². The lowest BCUT2D eigenvalue weighted by Crippen LogP contribution is -2.41. The number of fused-ring (bicyclic) bond motifs is 1. The quantitative estimate of drug-likeness (QED) is 0.0836.